The standard InChI is InChI=1S/C7H5F2NO2S/c8-7(9,6(11)12)13-5-1-3-10-4-2-5/h1-4H,(H,11,12). The second-order valence-electron chi connectivity index (χ2n) is 2.11. The van der Waals surface area contributed by atoms with Gasteiger partial charge < -0.3 is 5.11 Å². The highest BCUT2D eigenvalue weighted by atomic mass is 32.2. The zero-order chi connectivity index (χ0) is 9.90. The molecule has 1 aromatic heterocycles. The van der Waals surface area contributed by atoms with E-state index in [4.69, 9.17) is 5.11 Å². The van der Waals surface area contributed by atoms with Crippen LogP contribution < -0.4 is 0 Å². The average molecular weight is 205 g/mol. The van der Waals surface area contributed by atoms with Gasteiger partial charge in [0.1, 0.15) is 0 Å². The van der Waals surface area contributed by atoms with Gasteiger partial charge in [-0.2, -0.15) is 8.78 Å². The second-order valence-corrected chi connectivity index (χ2v) is 3.30. The fraction of sp³-hybridized carbons (Fsp3) is 0.143. The van der Waals surface area contributed by atoms with E-state index < -0.39 is 11.2 Å². The summed E-state index contributed by atoms with van der Waals surface area (Å²) in [7, 11) is 0. The van der Waals surface area contributed by atoms with Crippen LogP contribution in [0, 0.1) is 0 Å². The minimum absolute atomic E-state index is 0.0189. The number of alkyl halides is 2. The Morgan fingerprint density at radius 2 is 2.00 bits per heavy atom. The van der Waals surface area contributed by atoms with E-state index in [2.05, 4.69) is 4.98 Å². The van der Waals surface area contributed by atoms with Crippen LogP contribution in [0.25, 0.3) is 0 Å². The summed E-state index contributed by atoms with van der Waals surface area (Å²) in [4.78, 5) is 13.8. The summed E-state index contributed by atoms with van der Waals surface area (Å²) in [6.07, 6.45) is 2.64. The monoisotopic (exact) mass is 205 g/mol. The van der Waals surface area contributed by atoms with E-state index in [1.807, 2.05) is 0 Å². The minimum Gasteiger partial charge on any atom is -0.476 e. The predicted molar refractivity (Wildman–Crippen MR) is 42.7 cm³/mol. The van der Waals surface area contributed by atoms with E-state index in [9.17, 15) is 13.6 Å². The highest BCUT2D eigenvalue weighted by Gasteiger charge is 2.40. The second kappa shape index (κ2) is 3.69. The highest BCUT2D eigenvalue weighted by molar-refractivity contribution is 8.01. The Labute approximate surface area is 76.8 Å². The molecule has 0 aliphatic carbocycles. The van der Waals surface area contributed by atoms with Crippen molar-refractivity contribution in [3.05, 3.63) is 24.5 Å². The number of thioether (sulfide) groups is 1. The van der Waals surface area contributed by atoms with Crippen LogP contribution in [-0.4, -0.2) is 21.3 Å². The molecule has 1 rings (SSSR count). The molecular formula is C7H5F2NO2S. The van der Waals surface area contributed by atoms with Crippen molar-refractivity contribution in [2.75, 3.05) is 0 Å². The summed E-state index contributed by atoms with van der Waals surface area (Å²) in [5.41, 5.74) is 0. The number of carboxylic acids is 1. The van der Waals surface area contributed by atoms with Crippen molar-refractivity contribution in [1.29, 1.82) is 0 Å². The molecule has 1 aromatic rings. The third-order valence-corrected chi connectivity index (χ3v) is 2.08. The van der Waals surface area contributed by atoms with Crippen LogP contribution in [0.1, 0.15) is 0 Å². The number of pyridine rings is 1. The lowest BCUT2D eigenvalue weighted by Crippen LogP contribution is -2.23. The fourth-order valence-corrected chi connectivity index (χ4v) is 1.24. The van der Waals surface area contributed by atoms with E-state index in [1.165, 1.54) is 24.5 Å². The molecular weight excluding hydrogens is 200 g/mol. The first kappa shape index (κ1) is 9.91. The van der Waals surface area contributed by atoms with Gasteiger partial charge in [-0.15, -0.1) is 0 Å². The first-order valence-electron chi connectivity index (χ1n) is 3.22. The smallest absolute Gasteiger partial charge is 0.393 e. The van der Waals surface area contributed by atoms with Gasteiger partial charge in [-0.25, -0.2) is 4.79 Å². The van der Waals surface area contributed by atoms with Crippen molar-refractivity contribution in [3.8, 4) is 0 Å². The van der Waals surface area contributed by atoms with Crippen LogP contribution >= 0.6 is 11.8 Å². The van der Waals surface area contributed by atoms with Crippen molar-refractivity contribution in [2.45, 2.75) is 10.2 Å². The van der Waals surface area contributed by atoms with Gasteiger partial charge >= 0.3 is 11.2 Å². The van der Waals surface area contributed by atoms with E-state index in [0.717, 1.165) is 0 Å². The molecule has 0 radical (unpaired) electrons. The summed E-state index contributed by atoms with van der Waals surface area (Å²) in [5.74, 6) is -2.14. The largest absolute Gasteiger partial charge is 0.476 e. The lowest BCUT2D eigenvalue weighted by atomic mass is 10.5. The van der Waals surface area contributed by atoms with Crippen LogP contribution in [0.2, 0.25) is 0 Å². The van der Waals surface area contributed by atoms with Crippen LogP contribution in [-0.2, 0) is 4.79 Å². The topological polar surface area (TPSA) is 50.2 Å². The van der Waals surface area contributed by atoms with Gasteiger partial charge in [0.2, 0.25) is 0 Å². The zero-order valence-electron chi connectivity index (χ0n) is 6.28. The summed E-state index contributed by atoms with van der Waals surface area (Å²) in [6, 6.07) is 2.64. The molecule has 0 fully saturated rings. The Morgan fingerprint density at radius 1 is 1.46 bits per heavy atom. The highest BCUT2D eigenvalue weighted by Crippen LogP contribution is 2.35. The van der Waals surface area contributed by atoms with Gasteiger partial charge in [0.05, 0.1) is 0 Å². The molecule has 13 heavy (non-hydrogen) atoms. The molecule has 0 atom stereocenters. The maximum absolute atomic E-state index is 12.6. The molecule has 70 valence electrons. The van der Waals surface area contributed by atoms with E-state index in [1.54, 1.807) is 0 Å². The maximum atomic E-state index is 12.6. The average Bonchev–Trinajstić information content (AvgIpc) is 2.05. The van der Waals surface area contributed by atoms with E-state index in [-0.39, 0.29) is 16.7 Å². The first-order valence-corrected chi connectivity index (χ1v) is 4.04. The summed E-state index contributed by atoms with van der Waals surface area (Å²) >= 11 is -0.0189. The number of nitrogens with zero attached hydrogens (tertiary/aromatic N) is 1. The molecule has 3 nitrogen and oxygen atoms in total. The van der Waals surface area contributed by atoms with Gasteiger partial charge in [0.15, 0.2) is 0 Å². The quantitative estimate of drug-likeness (QED) is 0.765. The van der Waals surface area contributed by atoms with Crippen LogP contribution in [0.15, 0.2) is 29.4 Å². The van der Waals surface area contributed by atoms with Gasteiger partial charge in [-0.05, 0) is 23.9 Å². The van der Waals surface area contributed by atoms with E-state index >= 15 is 0 Å². The number of hydrogen-bond acceptors (Lipinski definition) is 3. The molecule has 0 amide bonds. The first-order chi connectivity index (χ1) is 6.02. The zero-order valence-corrected chi connectivity index (χ0v) is 7.09. The number of hydrogen-bond donors (Lipinski definition) is 1. The molecule has 0 unspecified atom stereocenters. The molecule has 1 N–H and O–H groups in total. The van der Waals surface area contributed by atoms with Crippen molar-refractivity contribution in [1.82, 2.24) is 4.98 Å². The molecule has 0 saturated carbocycles. The van der Waals surface area contributed by atoms with Crippen LogP contribution in [0.5, 0.6) is 0 Å². The molecule has 0 bridgehead atoms. The molecule has 0 aliphatic rings. The molecule has 0 aromatic carbocycles. The lowest BCUT2D eigenvalue weighted by molar-refractivity contribution is -0.152. The van der Waals surface area contributed by atoms with Crippen molar-refractivity contribution in [3.63, 3.8) is 0 Å². The Morgan fingerprint density at radius 3 is 2.46 bits per heavy atom. The minimum atomic E-state index is -3.79. The number of halogens is 2. The number of aromatic nitrogens is 1. The summed E-state index contributed by atoms with van der Waals surface area (Å²) < 4.78 is 25.2. The SMILES string of the molecule is O=C(O)C(F)(F)Sc1ccncc1. The molecule has 0 saturated heterocycles. The Hall–Kier alpha value is -1.17. The third kappa shape index (κ3) is 2.66. The molecule has 1 heterocycles. The van der Waals surface area contributed by atoms with Crippen LogP contribution in [0.3, 0.4) is 0 Å². The summed E-state index contributed by atoms with van der Waals surface area (Å²) in [6.45, 7) is 0. The normalized spacial score (nSPS) is 11.2. The number of carbonyl (C=O) groups is 1. The number of aliphatic carboxylic acids is 1. The van der Waals surface area contributed by atoms with Crippen molar-refractivity contribution in [2.24, 2.45) is 0 Å². The van der Waals surface area contributed by atoms with Crippen molar-refractivity contribution >= 4 is 17.7 Å². The molecule has 0 aliphatic heterocycles. The Kier molecular flexibility index (Phi) is 2.82. The molecule has 0 spiro atoms. The van der Waals surface area contributed by atoms with Gasteiger partial charge in [0, 0.05) is 17.3 Å². The number of carboxylic acid groups (broad SMARTS) is 1. The lowest BCUT2D eigenvalue weighted by Gasteiger charge is -2.09. The Balaban J connectivity index is 2.75. The molecule has 6 heteroatoms. The Bertz CT molecular complexity index is 305. The van der Waals surface area contributed by atoms with Gasteiger partial charge in [-0.3, -0.25) is 4.98 Å². The summed E-state index contributed by atoms with van der Waals surface area (Å²) in [5, 5.41) is 4.33. The van der Waals surface area contributed by atoms with E-state index in [0.29, 0.717) is 0 Å². The van der Waals surface area contributed by atoms with Gasteiger partial charge in [0.25, 0.3) is 0 Å². The van der Waals surface area contributed by atoms with Crippen LogP contribution in [0.4, 0.5) is 8.78 Å². The van der Waals surface area contributed by atoms with Crippen molar-refractivity contribution < 1.29 is 18.7 Å². The van der Waals surface area contributed by atoms with Gasteiger partial charge in [-0.1, -0.05) is 0 Å². The third-order valence-electron chi connectivity index (χ3n) is 1.14. The predicted octanol–water partition coefficient (Wildman–Crippen LogP) is 1.85. The fourth-order valence-electron chi connectivity index (χ4n) is 0.598. The number of rotatable bonds is 3. The maximum Gasteiger partial charge on any atom is 0.393 e.